The summed E-state index contributed by atoms with van der Waals surface area (Å²) in [5.74, 6) is 1.24. The fourth-order valence-corrected chi connectivity index (χ4v) is 3.02. The highest BCUT2D eigenvalue weighted by Crippen LogP contribution is 2.29. The molecule has 0 saturated carbocycles. The van der Waals surface area contributed by atoms with Gasteiger partial charge < -0.3 is 10.0 Å². The highest BCUT2D eigenvalue weighted by Gasteiger charge is 2.18. The lowest BCUT2D eigenvalue weighted by Crippen LogP contribution is -2.32. The number of thiazole rings is 1. The maximum Gasteiger partial charge on any atom is 0.308 e. The molecule has 2 rings (SSSR count). The molecule has 4 nitrogen and oxygen atoms in total. The number of hydrogen-bond acceptors (Lipinski definition) is 4. The van der Waals surface area contributed by atoms with E-state index in [4.69, 9.17) is 11.5 Å². The maximum atomic E-state index is 11.1. The molecule has 0 radical (unpaired) electrons. The Hall–Kier alpha value is -2.32. The number of nitrogens with zero attached hydrogens (tertiary/aromatic N) is 2. The average Bonchev–Trinajstić information content (AvgIpc) is 2.99. The molecule has 1 heterocycles. The van der Waals surface area contributed by atoms with Gasteiger partial charge in [0.05, 0.1) is 18.2 Å². The van der Waals surface area contributed by atoms with Crippen molar-refractivity contribution in [3.63, 3.8) is 0 Å². The van der Waals surface area contributed by atoms with Crippen molar-refractivity contribution in [3.05, 3.63) is 34.7 Å². The van der Waals surface area contributed by atoms with Crippen molar-refractivity contribution >= 4 is 22.4 Å². The van der Waals surface area contributed by atoms with Crippen molar-refractivity contribution in [1.29, 1.82) is 0 Å². The molecule has 1 unspecified atom stereocenters. The number of aliphatic carboxylic acids is 1. The molecular weight excluding hydrogens is 308 g/mol. The Bertz CT molecular complexity index is 746. The minimum Gasteiger partial charge on any atom is -0.481 e. The Morgan fingerprint density at radius 3 is 2.78 bits per heavy atom. The van der Waals surface area contributed by atoms with Crippen molar-refractivity contribution in [2.75, 3.05) is 18.0 Å². The van der Waals surface area contributed by atoms with Gasteiger partial charge in [-0.3, -0.25) is 4.79 Å². The normalized spacial score (nSPS) is 11.7. The first-order chi connectivity index (χ1) is 10.9. The van der Waals surface area contributed by atoms with Crippen LogP contribution >= 0.6 is 11.3 Å². The number of rotatable bonds is 6. The molecule has 5 heteroatoms. The van der Waals surface area contributed by atoms with E-state index in [1.807, 2.05) is 16.3 Å². The minimum absolute atomic E-state index is 0.345. The Kier molecular flexibility index (Phi) is 5.41. The molecule has 1 N–H and O–H groups in total. The standard InChI is InChI=1S/C18H20N2O2S/c1-5-8-20(10-14(4)17(21)22)18-19-16(11-23-18)15-7-6-12(2)13(3)9-15/h1,6-7,9,11,14H,8,10H2,2-4H3,(H,21,22). The molecule has 1 aromatic carbocycles. The lowest BCUT2D eigenvalue weighted by molar-refractivity contribution is -0.140. The van der Waals surface area contributed by atoms with Crippen molar-refractivity contribution in [1.82, 2.24) is 4.98 Å². The second-order valence-electron chi connectivity index (χ2n) is 5.64. The third-order valence-corrected chi connectivity index (χ3v) is 4.66. The van der Waals surface area contributed by atoms with Crippen LogP contribution in [0.4, 0.5) is 5.13 Å². The van der Waals surface area contributed by atoms with Gasteiger partial charge in [0, 0.05) is 17.5 Å². The van der Waals surface area contributed by atoms with E-state index in [1.54, 1.807) is 6.92 Å². The van der Waals surface area contributed by atoms with Gasteiger partial charge >= 0.3 is 5.97 Å². The highest BCUT2D eigenvalue weighted by atomic mass is 32.1. The average molecular weight is 328 g/mol. The zero-order valence-electron chi connectivity index (χ0n) is 13.5. The van der Waals surface area contributed by atoms with E-state index in [2.05, 4.69) is 36.9 Å². The quantitative estimate of drug-likeness (QED) is 0.824. The van der Waals surface area contributed by atoms with Crippen LogP contribution in [0.5, 0.6) is 0 Å². The molecule has 0 spiro atoms. The molecule has 120 valence electrons. The fraction of sp³-hybridized carbons (Fsp3) is 0.333. The first kappa shape index (κ1) is 17.0. The topological polar surface area (TPSA) is 53.4 Å². The van der Waals surface area contributed by atoms with Crippen LogP contribution in [-0.2, 0) is 4.79 Å². The number of terminal acetylenes is 1. The van der Waals surface area contributed by atoms with Crippen LogP contribution in [0.3, 0.4) is 0 Å². The van der Waals surface area contributed by atoms with Gasteiger partial charge in [0.1, 0.15) is 0 Å². The summed E-state index contributed by atoms with van der Waals surface area (Å²) in [6.07, 6.45) is 5.41. The second-order valence-corrected chi connectivity index (χ2v) is 6.47. The summed E-state index contributed by atoms with van der Waals surface area (Å²) in [5, 5.41) is 11.8. The molecule has 0 bridgehead atoms. The molecule has 1 atom stereocenters. The molecule has 23 heavy (non-hydrogen) atoms. The van der Waals surface area contributed by atoms with Gasteiger partial charge in [0.2, 0.25) is 0 Å². The molecule has 0 saturated heterocycles. The largest absolute Gasteiger partial charge is 0.481 e. The monoisotopic (exact) mass is 328 g/mol. The Labute approximate surface area is 140 Å². The van der Waals surface area contributed by atoms with Gasteiger partial charge in [-0.15, -0.1) is 17.8 Å². The smallest absolute Gasteiger partial charge is 0.308 e. The van der Waals surface area contributed by atoms with E-state index in [-0.39, 0.29) is 0 Å². The third kappa shape index (κ3) is 4.11. The van der Waals surface area contributed by atoms with Gasteiger partial charge in [-0.25, -0.2) is 4.98 Å². The lowest BCUT2D eigenvalue weighted by atomic mass is 10.1. The summed E-state index contributed by atoms with van der Waals surface area (Å²) in [6, 6.07) is 6.24. The van der Waals surface area contributed by atoms with Crippen molar-refractivity contribution < 1.29 is 9.90 Å². The predicted molar refractivity (Wildman–Crippen MR) is 94.9 cm³/mol. The minimum atomic E-state index is -0.835. The number of benzene rings is 1. The van der Waals surface area contributed by atoms with Gasteiger partial charge in [0.25, 0.3) is 0 Å². The van der Waals surface area contributed by atoms with Crippen molar-refractivity contribution in [2.24, 2.45) is 5.92 Å². The summed E-state index contributed by atoms with van der Waals surface area (Å²) >= 11 is 1.48. The van der Waals surface area contributed by atoms with Gasteiger partial charge in [0.15, 0.2) is 5.13 Å². The van der Waals surface area contributed by atoms with Gasteiger partial charge in [-0.2, -0.15) is 0 Å². The van der Waals surface area contributed by atoms with Crippen LogP contribution in [0, 0.1) is 32.1 Å². The van der Waals surface area contributed by atoms with Crippen molar-refractivity contribution in [2.45, 2.75) is 20.8 Å². The van der Waals surface area contributed by atoms with Crippen LogP contribution in [0.15, 0.2) is 23.6 Å². The Balaban J connectivity index is 2.25. The maximum absolute atomic E-state index is 11.1. The molecule has 0 aliphatic carbocycles. The first-order valence-electron chi connectivity index (χ1n) is 7.36. The molecular formula is C18H20N2O2S. The number of aryl methyl sites for hydroxylation is 2. The van der Waals surface area contributed by atoms with E-state index in [0.29, 0.717) is 13.1 Å². The van der Waals surface area contributed by atoms with Gasteiger partial charge in [-0.05, 0) is 31.0 Å². The van der Waals surface area contributed by atoms with Crippen LogP contribution < -0.4 is 4.90 Å². The highest BCUT2D eigenvalue weighted by molar-refractivity contribution is 7.14. The number of carbonyl (C=O) groups is 1. The third-order valence-electron chi connectivity index (χ3n) is 3.76. The second kappa shape index (κ2) is 7.30. The van der Waals surface area contributed by atoms with Crippen LogP contribution in [0.25, 0.3) is 11.3 Å². The Morgan fingerprint density at radius 1 is 1.43 bits per heavy atom. The summed E-state index contributed by atoms with van der Waals surface area (Å²) < 4.78 is 0. The predicted octanol–water partition coefficient (Wildman–Crippen LogP) is 3.59. The van der Waals surface area contributed by atoms with E-state index >= 15 is 0 Å². The molecule has 2 aromatic rings. The summed E-state index contributed by atoms with van der Waals surface area (Å²) in [7, 11) is 0. The molecule has 0 aliphatic rings. The zero-order valence-corrected chi connectivity index (χ0v) is 14.4. The summed E-state index contributed by atoms with van der Waals surface area (Å²) in [6.45, 7) is 6.51. The molecule has 0 aliphatic heterocycles. The first-order valence-corrected chi connectivity index (χ1v) is 8.24. The zero-order chi connectivity index (χ0) is 17.0. The number of anilines is 1. The number of aromatic nitrogens is 1. The van der Waals surface area contributed by atoms with Crippen LogP contribution in [0.1, 0.15) is 18.1 Å². The van der Waals surface area contributed by atoms with E-state index < -0.39 is 11.9 Å². The van der Waals surface area contributed by atoms with Gasteiger partial charge in [-0.1, -0.05) is 25.0 Å². The fourth-order valence-electron chi connectivity index (χ4n) is 2.17. The summed E-state index contributed by atoms with van der Waals surface area (Å²) in [4.78, 5) is 17.6. The number of carboxylic acid groups (broad SMARTS) is 1. The van der Waals surface area contributed by atoms with Crippen molar-refractivity contribution in [3.8, 4) is 23.6 Å². The lowest BCUT2D eigenvalue weighted by Gasteiger charge is -2.21. The van der Waals surface area contributed by atoms with E-state index in [9.17, 15) is 4.79 Å². The molecule has 0 fully saturated rings. The Morgan fingerprint density at radius 2 is 2.17 bits per heavy atom. The van der Waals surface area contributed by atoms with E-state index in [1.165, 1.54) is 22.5 Å². The van der Waals surface area contributed by atoms with Crippen LogP contribution in [-0.4, -0.2) is 29.1 Å². The number of hydrogen-bond donors (Lipinski definition) is 1. The summed E-state index contributed by atoms with van der Waals surface area (Å²) in [5.41, 5.74) is 4.41. The van der Waals surface area contributed by atoms with Crippen LogP contribution in [0.2, 0.25) is 0 Å². The van der Waals surface area contributed by atoms with E-state index in [0.717, 1.165) is 16.4 Å². The molecule has 1 aromatic heterocycles. The SMILES string of the molecule is C#CCN(CC(C)C(=O)O)c1nc(-c2ccc(C)c(C)c2)cs1. The molecule has 0 amide bonds. The number of carboxylic acids is 1.